The van der Waals surface area contributed by atoms with Gasteiger partial charge in [0.1, 0.15) is 0 Å². The molecule has 0 aromatic carbocycles. The van der Waals surface area contributed by atoms with Crippen molar-refractivity contribution in [3.63, 3.8) is 0 Å². The molecule has 146 valence electrons. The molecule has 3 heterocycles. The van der Waals surface area contributed by atoms with Crippen molar-refractivity contribution >= 4 is 17.5 Å². The van der Waals surface area contributed by atoms with Crippen LogP contribution >= 0.6 is 11.6 Å². The Labute approximate surface area is 163 Å². The molecule has 0 bridgehead atoms. The molecule has 1 unspecified atom stereocenters. The summed E-state index contributed by atoms with van der Waals surface area (Å²) >= 11 is 5.92. The second-order valence-corrected chi connectivity index (χ2v) is 7.70. The van der Waals surface area contributed by atoms with Gasteiger partial charge in [-0.25, -0.2) is 9.97 Å². The summed E-state index contributed by atoms with van der Waals surface area (Å²) < 4.78 is 7.20. The maximum absolute atomic E-state index is 10.4. The third-order valence-electron chi connectivity index (χ3n) is 5.23. The van der Waals surface area contributed by atoms with Crippen molar-refractivity contribution in [2.75, 3.05) is 31.2 Å². The summed E-state index contributed by atoms with van der Waals surface area (Å²) in [5.41, 5.74) is 1.02. The summed E-state index contributed by atoms with van der Waals surface area (Å²) in [6.07, 6.45) is 8.50. The number of morpholine rings is 1. The summed E-state index contributed by atoms with van der Waals surface area (Å²) in [5.74, 6) is 1.13. The van der Waals surface area contributed by atoms with Crippen molar-refractivity contribution < 1.29 is 9.84 Å². The molecule has 2 aliphatic rings. The molecule has 0 spiro atoms. The van der Waals surface area contributed by atoms with E-state index in [1.165, 1.54) is 0 Å². The van der Waals surface area contributed by atoms with Gasteiger partial charge in [0.25, 0.3) is 0 Å². The van der Waals surface area contributed by atoms with Gasteiger partial charge in [0.15, 0.2) is 0 Å². The van der Waals surface area contributed by atoms with E-state index in [-0.39, 0.29) is 12.1 Å². The third kappa shape index (κ3) is 4.76. The number of hydrogen-bond donors (Lipinski definition) is 2. The second kappa shape index (κ2) is 8.52. The maximum atomic E-state index is 10.4. The van der Waals surface area contributed by atoms with E-state index < -0.39 is 0 Å². The third-order valence-corrected chi connectivity index (χ3v) is 5.42. The van der Waals surface area contributed by atoms with E-state index in [0.29, 0.717) is 17.5 Å². The first-order chi connectivity index (χ1) is 13.2. The van der Waals surface area contributed by atoms with Crippen LogP contribution in [0.2, 0.25) is 5.02 Å². The van der Waals surface area contributed by atoms with E-state index in [0.717, 1.165) is 57.2 Å². The Kier molecular flexibility index (Phi) is 5.87. The second-order valence-electron chi connectivity index (χ2n) is 7.26. The molecule has 4 rings (SSSR count). The van der Waals surface area contributed by atoms with Gasteiger partial charge in [0, 0.05) is 56.4 Å². The standard InChI is InChI=1S/C18H25ClN6O2/c19-15-10-23-25(12-15)11-13-5-16(17(26)6-13)20-7-14-8-21-18(22-9-14)24-1-3-27-4-2-24/h8-10,12-13,16-17,20,26H,1-7,11H2/t13?,16-,17-/m1/s1. The van der Waals surface area contributed by atoms with Gasteiger partial charge in [-0.3, -0.25) is 4.68 Å². The zero-order valence-electron chi connectivity index (χ0n) is 15.2. The first-order valence-corrected chi connectivity index (χ1v) is 9.78. The van der Waals surface area contributed by atoms with Crippen LogP contribution in [-0.2, 0) is 17.8 Å². The maximum Gasteiger partial charge on any atom is 0.225 e. The summed E-state index contributed by atoms with van der Waals surface area (Å²) in [4.78, 5) is 11.1. The van der Waals surface area contributed by atoms with Crippen LogP contribution in [0.25, 0.3) is 0 Å². The lowest BCUT2D eigenvalue weighted by Gasteiger charge is -2.26. The Morgan fingerprint density at radius 1 is 1.19 bits per heavy atom. The number of aliphatic hydroxyl groups is 1. The molecular formula is C18H25ClN6O2. The molecular weight excluding hydrogens is 368 g/mol. The zero-order chi connectivity index (χ0) is 18.6. The molecule has 2 aromatic heterocycles. The first-order valence-electron chi connectivity index (χ1n) is 9.40. The van der Waals surface area contributed by atoms with Crippen molar-refractivity contribution in [2.24, 2.45) is 5.92 Å². The quantitative estimate of drug-likeness (QED) is 0.760. The molecule has 2 aromatic rings. The first kappa shape index (κ1) is 18.6. The zero-order valence-corrected chi connectivity index (χ0v) is 15.9. The van der Waals surface area contributed by atoms with E-state index >= 15 is 0 Å². The largest absolute Gasteiger partial charge is 0.391 e. The fourth-order valence-electron chi connectivity index (χ4n) is 3.80. The minimum atomic E-state index is -0.352. The van der Waals surface area contributed by atoms with Crippen LogP contribution in [0, 0.1) is 5.92 Å². The topological polar surface area (TPSA) is 88.3 Å². The Morgan fingerprint density at radius 2 is 1.96 bits per heavy atom. The number of nitrogens with one attached hydrogen (secondary N) is 1. The fourth-order valence-corrected chi connectivity index (χ4v) is 3.96. The van der Waals surface area contributed by atoms with Gasteiger partial charge in [0.2, 0.25) is 5.95 Å². The van der Waals surface area contributed by atoms with E-state index in [2.05, 4.69) is 25.3 Å². The van der Waals surface area contributed by atoms with Crippen LogP contribution in [0.1, 0.15) is 18.4 Å². The lowest BCUT2D eigenvalue weighted by molar-refractivity contribution is 0.122. The number of aliphatic hydroxyl groups excluding tert-OH is 1. The Hall–Kier alpha value is -1.74. The highest BCUT2D eigenvalue weighted by atomic mass is 35.5. The molecule has 0 amide bonds. The van der Waals surface area contributed by atoms with Crippen molar-refractivity contribution in [3.8, 4) is 0 Å². The SMILES string of the molecule is O[C@@H]1CC(Cn2cc(Cl)cn2)C[C@H]1NCc1cnc(N2CCOCC2)nc1. The van der Waals surface area contributed by atoms with Gasteiger partial charge in [-0.05, 0) is 18.8 Å². The van der Waals surface area contributed by atoms with Crippen LogP contribution in [0.4, 0.5) is 5.95 Å². The van der Waals surface area contributed by atoms with E-state index in [1.807, 2.05) is 23.3 Å². The van der Waals surface area contributed by atoms with Gasteiger partial charge in [-0.15, -0.1) is 0 Å². The number of aromatic nitrogens is 4. The molecule has 8 nitrogen and oxygen atoms in total. The highest BCUT2D eigenvalue weighted by Gasteiger charge is 2.32. The fraction of sp³-hybridized carbons (Fsp3) is 0.611. The Bertz CT molecular complexity index is 734. The Morgan fingerprint density at radius 3 is 2.67 bits per heavy atom. The van der Waals surface area contributed by atoms with Crippen molar-refractivity contribution in [3.05, 3.63) is 35.4 Å². The minimum absolute atomic E-state index is 0.0694. The molecule has 1 saturated carbocycles. The molecule has 1 aliphatic heterocycles. The van der Waals surface area contributed by atoms with E-state index in [1.54, 1.807) is 6.20 Å². The molecule has 3 atom stereocenters. The Balaban J connectivity index is 1.26. The number of nitrogens with zero attached hydrogens (tertiary/aromatic N) is 5. The average molecular weight is 393 g/mol. The lowest BCUT2D eigenvalue weighted by Crippen LogP contribution is -2.37. The lowest BCUT2D eigenvalue weighted by atomic mass is 10.1. The van der Waals surface area contributed by atoms with Gasteiger partial charge >= 0.3 is 0 Å². The van der Waals surface area contributed by atoms with Crippen molar-refractivity contribution in [1.82, 2.24) is 25.1 Å². The average Bonchev–Trinajstić information content (AvgIpc) is 3.26. The summed E-state index contributed by atoms with van der Waals surface area (Å²) in [5, 5.41) is 18.7. The van der Waals surface area contributed by atoms with Crippen LogP contribution in [0.5, 0.6) is 0 Å². The smallest absolute Gasteiger partial charge is 0.225 e. The summed E-state index contributed by atoms with van der Waals surface area (Å²) in [7, 11) is 0. The minimum Gasteiger partial charge on any atom is -0.391 e. The predicted octanol–water partition coefficient (Wildman–Crippen LogP) is 1.09. The molecule has 0 radical (unpaired) electrons. The normalized spacial score (nSPS) is 25.9. The number of hydrogen-bond acceptors (Lipinski definition) is 7. The molecule has 1 aliphatic carbocycles. The molecule has 1 saturated heterocycles. The van der Waals surface area contributed by atoms with Crippen LogP contribution in [0.3, 0.4) is 0 Å². The highest BCUT2D eigenvalue weighted by Crippen LogP contribution is 2.28. The summed E-state index contributed by atoms with van der Waals surface area (Å²) in [6, 6.07) is 0.0694. The highest BCUT2D eigenvalue weighted by molar-refractivity contribution is 6.30. The van der Waals surface area contributed by atoms with E-state index in [9.17, 15) is 5.11 Å². The van der Waals surface area contributed by atoms with E-state index in [4.69, 9.17) is 16.3 Å². The number of halogens is 1. The number of ether oxygens (including phenoxy) is 1. The summed E-state index contributed by atoms with van der Waals surface area (Å²) in [6.45, 7) is 4.52. The number of rotatable bonds is 6. The van der Waals surface area contributed by atoms with Crippen LogP contribution in [0.15, 0.2) is 24.8 Å². The van der Waals surface area contributed by atoms with Gasteiger partial charge in [-0.2, -0.15) is 5.10 Å². The van der Waals surface area contributed by atoms with Crippen molar-refractivity contribution in [2.45, 2.75) is 38.1 Å². The van der Waals surface area contributed by atoms with Gasteiger partial charge in [0.05, 0.1) is 30.5 Å². The molecule has 2 N–H and O–H groups in total. The van der Waals surface area contributed by atoms with Crippen molar-refractivity contribution in [1.29, 1.82) is 0 Å². The predicted molar refractivity (Wildman–Crippen MR) is 102 cm³/mol. The molecule has 27 heavy (non-hydrogen) atoms. The van der Waals surface area contributed by atoms with Crippen LogP contribution < -0.4 is 10.2 Å². The number of anilines is 1. The van der Waals surface area contributed by atoms with Gasteiger partial charge < -0.3 is 20.1 Å². The van der Waals surface area contributed by atoms with Crippen LogP contribution in [-0.4, -0.2) is 63.3 Å². The molecule has 2 fully saturated rings. The van der Waals surface area contributed by atoms with Gasteiger partial charge in [-0.1, -0.05) is 11.6 Å². The monoisotopic (exact) mass is 392 g/mol. The molecule has 9 heteroatoms.